The first kappa shape index (κ1) is 14.2. The van der Waals surface area contributed by atoms with Gasteiger partial charge in [-0.2, -0.15) is 5.26 Å². The van der Waals surface area contributed by atoms with Gasteiger partial charge in [0.25, 0.3) is 0 Å². The van der Waals surface area contributed by atoms with E-state index < -0.39 is 0 Å². The lowest BCUT2D eigenvalue weighted by molar-refractivity contribution is 0.738. The maximum absolute atomic E-state index is 8.89. The van der Waals surface area contributed by atoms with Crippen molar-refractivity contribution in [3.63, 3.8) is 0 Å². The molecule has 0 unspecified atom stereocenters. The molecule has 0 N–H and O–H groups in total. The third-order valence-electron chi connectivity index (χ3n) is 3.91. The maximum Gasteiger partial charge on any atom is 0.0640 e. The molecule has 0 aliphatic heterocycles. The van der Waals surface area contributed by atoms with Crippen molar-refractivity contribution in [1.82, 2.24) is 4.57 Å². The highest BCUT2D eigenvalue weighted by atomic mass is 15.0. The van der Waals surface area contributed by atoms with Crippen LogP contribution in [0.15, 0.2) is 54.6 Å². The molecule has 1 aromatic heterocycles. The van der Waals surface area contributed by atoms with E-state index in [1.54, 1.807) is 0 Å². The van der Waals surface area contributed by atoms with Crippen LogP contribution in [0, 0.1) is 18.3 Å². The van der Waals surface area contributed by atoms with E-state index in [0.29, 0.717) is 6.42 Å². The fourth-order valence-electron chi connectivity index (χ4n) is 2.73. The van der Waals surface area contributed by atoms with Gasteiger partial charge in [-0.1, -0.05) is 48.5 Å². The minimum Gasteiger partial charge on any atom is -0.340 e. The van der Waals surface area contributed by atoms with E-state index in [1.807, 2.05) is 12.1 Å². The summed E-state index contributed by atoms with van der Waals surface area (Å²) in [5.41, 5.74) is 4.81. The molecule has 2 nitrogen and oxygen atoms in total. The van der Waals surface area contributed by atoms with Gasteiger partial charge in [0.2, 0.25) is 0 Å². The third kappa shape index (κ3) is 2.80. The summed E-state index contributed by atoms with van der Waals surface area (Å²) in [6.45, 7) is 2.84. The summed E-state index contributed by atoms with van der Waals surface area (Å²) in [6, 6.07) is 21.1. The Morgan fingerprint density at radius 1 is 1.05 bits per heavy atom. The lowest BCUT2D eigenvalue weighted by Crippen LogP contribution is -1.98. The van der Waals surface area contributed by atoms with Crippen molar-refractivity contribution in [2.45, 2.75) is 19.9 Å². The summed E-state index contributed by atoms with van der Waals surface area (Å²) in [5, 5.41) is 10.1. The quantitative estimate of drug-likeness (QED) is 0.661. The van der Waals surface area contributed by atoms with Crippen LogP contribution < -0.4 is 0 Å². The fourth-order valence-corrected chi connectivity index (χ4v) is 2.73. The van der Waals surface area contributed by atoms with Gasteiger partial charge >= 0.3 is 0 Å². The molecule has 0 saturated heterocycles. The Labute approximate surface area is 130 Å². The monoisotopic (exact) mass is 286 g/mol. The Morgan fingerprint density at radius 2 is 1.82 bits per heavy atom. The lowest BCUT2D eigenvalue weighted by Gasteiger charge is -2.06. The summed E-state index contributed by atoms with van der Waals surface area (Å²) < 4.78 is 2.22. The van der Waals surface area contributed by atoms with Crippen molar-refractivity contribution in [1.29, 1.82) is 5.26 Å². The van der Waals surface area contributed by atoms with Crippen LogP contribution in [0.1, 0.15) is 23.2 Å². The van der Waals surface area contributed by atoms with Crippen LogP contribution >= 0.6 is 0 Å². The van der Waals surface area contributed by atoms with Crippen molar-refractivity contribution in [3.05, 3.63) is 71.4 Å². The molecule has 1 heterocycles. The second-order valence-corrected chi connectivity index (χ2v) is 5.38. The van der Waals surface area contributed by atoms with Crippen molar-refractivity contribution < 1.29 is 0 Å². The van der Waals surface area contributed by atoms with Gasteiger partial charge < -0.3 is 4.57 Å². The van der Waals surface area contributed by atoms with Gasteiger partial charge in [-0.3, -0.25) is 0 Å². The van der Waals surface area contributed by atoms with Crippen LogP contribution in [0.25, 0.3) is 23.1 Å². The zero-order valence-corrected chi connectivity index (χ0v) is 12.7. The van der Waals surface area contributed by atoms with Crippen molar-refractivity contribution in [3.8, 4) is 6.07 Å². The second kappa shape index (κ2) is 6.32. The van der Waals surface area contributed by atoms with Crippen LogP contribution in [0.3, 0.4) is 0 Å². The van der Waals surface area contributed by atoms with E-state index >= 15 is 0 Å². The molecular weight excluding hydrogens is 268 g/mol. The predicted octanol–water partition coefficient (Wildman–Crippen LogP) is 5.03. The first-order valence-electron chi connectivity index (χ1n) is 7.48. The van der Waals surface area contributed by atoms with E-state index in [9.17, 15) is 0 Å². The van der Waals surface area contributed by atoms with Crippen LogP contribution in [0.4, 0.5) is 0 Å². The highest BCUT2D eigenvalue weighted by Gasteiger charge is 2.05. The van der Waals surface area contributed by atoms with E-state index in [1.165, 1.54) is 22.0 Å². The predicted molar refractivity (Wildman–Crippen MR) is 92.3 cm³/mol. The highest BCUT2D eigenvalue weighted by Crippen LogP contribution is 2.22. The number of aryl methyl sites for hydroxylation is 2. The number of para-hydroxylation sites is 1. The van der Waals surface area contributed by atoms with Gasteiger partial charge in [-0.05, 0) is 36.3 Å². The average molecular weight is 286 g/mol. The molecule has 108 valence electrons. The van der Waals surface area contributed by atoms with Gasteiger partial charge in [-0.15, -0.1) is 0 Å². The standard InChI is InChI=1S/C20H18N2/c1-16-7-2-3-8-17(16)11-12-19-15-18-9-4-5-10-20(18)22(19)14-6-13-21/h2-5,7-12,15H,6,14H2,1H3/b12-11+. The first-order valence-corrected chi connectivity index (χ1v) is 7.48. The average Bonchev–Trinajstić information content (AvgIpc) is 2.90. The molecule has 3 aromatic rings. The number of nitriles is 1. The van der Waals surface area contributed by atoms with Gasteiger partial charge in [-0.25, -0.2) is 0 Å². The molecule has 0 saturated carbocycles. The fraction of sp³-hybridized carbons (Fsp3) is 0.150. The maximum atomic E-state index is 8.89. The first-order chi connectivity index (χ1) is 10.8. The topological polar surface area (TPSA) is 28.7 Å². The molecule has 0 fully saturated rings. The van der Waals surface area contributed by atoms with E-state index in [0.717, 1.165) is 12.2 Å². The zero-order valence-electron chi connectivity index (χ0n) is 12.7. The van der Waals surface area contributed by atoms with Crippen LogP contribution in [-0.4, -0.2) is 4.57 Å². The number of nitrogens with zero attached hydrogens (tertiary/aromatic N) is 2. The van der Waals surface area contributed by atoms with Crippen molar-refractivity contribution in [2.75, 3.05) is 0 Å². The minimum absolute atomic E-state index is 0.518. The molecule has 0 spiro atoms. The Hall–Kier alpha value is -2.79. The van der Waals surface area contributed by atoms with Crippen LogP contribution in [-0.2, 0) is 6.54 Å². The number of rotatable bonds is 4. The molecule has 0 bridgehead atoms. The smallest absolute Gasteiger partial charge is 0.0640 e. The minimum atomic E-state index is 0.518. The summed E-state index contributed by atoms with van der Waals surface area (Å²) in [5.74, 6) is 0. The van der Waals surface area contributed by atoms with Crippen LogP contribution in [0.2, 0.25) is 0 Å². The third-order valence-corrected chi connectivity index (χ3v) is 3.91. The normalized spacial score (nSPS) is 11.1. The Kier molecular flexibility index (Phi) is 4.07. The van der Waals surface area contributed by atoms with E-state index in [2.05, 4.69) is 72.2 Å². The molecule has 0 aliphatic carbocycles. The number of fused-ring (bicyclic) bond motifs is 1. The molecule has 2 heteroatoms. The molecule has 3 rings (SSSR count). The zero-order chi connectivity index (χ0) is 15.4. The van der Waals surface area contributed by atoms with Crippen LogP contribution in [0.5, 0.6) is 0 Å². The van der Waals surface area contributed by atoms with E-state index in [4.69, 9.17) is 5.26 Å². The summed E-state index contributed by atoms with van der Waals surface area (Å²) in [6.07, 6.45) is 4.80. The molecular formula is C20H18N2. The van der Waals surface area contributed by atoms with Crippen molar-refractivity contribution in [2.24, 2.45) is 0 Å². The Balaban J connectivity index is 2.03. The number of hydrogen-bond donors (Lipinski definition) is 0. The number of aromatic nitrogens is 1. The SMILES string of the molecule is Cc1ccccc1/C=C/c1cc2ccccc2n1CCC#N. The number of hydrogen-bond acceptors (Lipinski definition) is 1. The molecule has 0 atom stereocenters. The highest BCUT2D eigenvalue weighted by molar-refractivity contribution is 5.85. The Bertz CT molecular complexity index is 863. The number of benzene rings is 2. The van der Waals surface area contributed by atoms with E-state index in [-0.39, 0.29) is 0 Å². The Morgan fingerprint density at radius 3 is 2.64 bits per heavy atom. The van der Waals surface area contributed by atoms with Gasteiger partial charge in [0.05, 0.1) is 12.5 Å². The second-order valence-electron chi connectivity index (χ2n) is 5.38. The summed E-state index contributed by atoms with van der Waals surface area (Å²) in [7, 11) is 0. The molecule has 22 heavy (non-hydrogen) atoms. The van der Waals surface area contributed by atoms with Gasteiger partial charge in [0, 0.05) is 23.1 Å². The molecule has 0 aliphatic rings. The largest absolute Gasteiger partial charge is 0.340 e. The summed E-state index contributed by atoms with van der Waals surface area (Å²) >= 11 is 0. The van der Waals surface area contributed by atoms with Gasteiger partial charge in [0.1, 0.15) is 0 Å². The summed E-state index contributed by atoms with van der Waals surface area (Å²) in [4.78, 5) is 0. The van der Waals surface area contributed by atoms with Gasteiger partial charge in [0.15, 0.2) is 0 Å². The molecule has 2 aromatic carbocycles. The molecule has 0 radical (unpaired) electrons. The lowest BCUT2D eigenvalue weighted by atomic mass is 10.1. The van der Waals surface area contributed by atoms with Crippen molar-refractivity contribution >= 4 is 23.1 Å². The molecule has 0 amide bonds.